The van der Waals surface area contributed by atoms with Gasteiger partial charge in [-0.2, -0.15) is 0 Å². The molecule has 302 valence electrons. The molecule has 4 nitrogen and oxygen atoms in total. The first-order chi connectivity index (χ1) is 32.2. The molecule has 0 aliphatic heterocycles. The van der Waals surface area contributed by atoms with Crippen LogP contribution in [0.5, 0.6) is 0 Å². The predicted molar refractivity (Wildman–Crippen MR) is 272 cm³/mol. The molecule has 0 spiro atoms. The van der Waals surface area contributed by atoms with E-state index >= 15 is 0 Å². The van der Waals surface area contributed by atoms with E-state index in [1.54, 1.807) is 0 Å². The lowest BCUT2D eigenvalue weighted by atomic mass is 9.89. The van der Waals surface area contributed by atoms with Crippen LogP contribution in [0.15, 0.2) is 229 Å². The molecule has 0 unspecified atom stereocenters. The average Bonchev–Trinajstić information content (AvgIpc) is 4.03. The molecule has 0 atom stereocenters. The number of pyridine rings is 1. The molecule has 0 aliphatic carbocycles. The average molecular weight is 828 g/mol. The van der Waals surface area contributed by atoms with Crippen LogP contribution in [0.4, 0.5) is 0 Å². The predicted octanol–water partition coefficient (Wildman–Crippen LogP) is 16.5. The number of rotatable bonds is 5. The zero-order valence-electron chi connectivity index (χ0n) is 35.1. The molecule has 65 heavy (non-hydrogen) atoms. The van der Waals surface area contributed by atoms with Gasteiger partial charge < -0.3 is 13.6 Å². The summed E-state index contributed by atoms with van der Waals surface area (Å²) in [6.45, 7) is 0. The molecular weight excluding hydrogens is 791 g/mol. The maximum atomic E-state index is 6.71. The molecule has 4 heteroatoms. The van der Waals surface area contributed by atoms with Crippen molar-refractivity contribution in [3.05, 3.63) is 224 Å². The number of aromatic nitrogens is 3. The highest BCUT2D eigenvalue weighted by Crippen LogP contribution is 2.47. The molecule has 0 amide bonds. The van der Waals surface area contributed by atoms with Crippen molar-refractivity contribution in [3.8, 4) is 44.9 Å². The number of furan rings is 1. The molecule has 14 rings (SSSR count). The van der Waals surface area contributed by atoms with Crippen molar-refractivity contribution < 1.29 is 4.42 Å². The number of para-hydroxylation sites is 6. The number of fused-ring (bicyclic) bond motifs is 12. The Balaban J connectivity index is 1.04. The van der Waals surface area contributed by atoms with Gasteiger partial charge in [-0.15, -0.1) is 0 Å². The van der Waals surface area contributed by atoms with Gasteiger partial charge >= 0.3 is 0 Å². The van der Waals surface area contributed by atoms with Crippen LogP contribution < -0.4 is 0 Å². The minimum absolute atomic E-state index is 0.849. The van der Waals surface area contributed by atoms with E-state index in [-0.39, 0.29) is 0 Å². The van der Waals surface area contributed by atoms with Gasteiger partial charge in [0.1, 0.15) is 11.2 Å². The third-order valence-corrected chi connectivity index (χ3v) is 13.5. The van der Waals surface area contributed by atoms with Crippen molar-refractivity contribution in [1.82, 2.24) is 14.1 Å². The minimum Gasteiger partial charge on any atom is -0.456 e. The van der Waals surface area contributed by atoms with Crippen molar-refractivity contribution in [2.45, 2.75) is 0 Å². The van der Waals surface area contributed by atoms with Crippen LogP contribution in [0.2, 0.25) is 0 Å². The second kappa shape index (κ2) is 13.9. The van der Waals surface area contributed by atoms with E-state index in [4.69, 9.17) is 9.40 Å². The first-order valence-corrected chi connectivity index (χ1v) is 22.2. The zero-order valence-corrected chi connectivity index (χ0v) is 35.1. The van der Waals surface area contributed by atoms with Gasteiger partial charge in [-0.3, -0.25) is 0 Å². The first kappa shape index (κ1) is 35.8. The van der Waals surface area contributed by atoms with Crippen LogP contribution in [0.25, 0.3) is 132 Å². The van der Waals surface area contributed by atoms with E-state index in [0.29, 0.717) is 0 Å². The van der Waals surface area contributed by atoms with Crippen molar-refractivity contribution in [3.63, 3.8) is 0 Å². The Kier molecular flexibility index (Phi) is 7.65. The lowest BCUT2D eigenvalue weighted by Crippen LogP contribution is -2.00. The summed E-state index contributed by atoms with van der Waals surface area (Å²) in [5.74, 6) is 0. The summed E-state index contributed by atoms with van der Waals surface area (Å²) in [6.07, 6.45) is 0. The number of benzene rings is 10. The van der Waals surface area contributed by atoms with Crippen LogP contribution >= 0.6 is 0 Å². The molecule has 14 aromatic rings. The molecular formula is C61H37N3O. The van der Waals surface area contributed by atoms with Gasteiger partial charge in [0.25, 0.3) is 0 Å². The van der Waals surface area contributed by atoms with Crippen LogP contribution in [0.3, 0.4) is 0 Å². The fourth-order valence-corrected chi connectivity index (χ4v) is 10.7. The van der Waals surface area contributed by atoms with Crippen LogP contribution in [0, 0.1) is 0 Å². The molecule has 4 aromatic heterocycles. The Hall–Kier alpha value is -8.73. The second-order valence-electron chi connectivity index (χ2n) is 17.0. The molecule has 0 N–H and O–H groups in total. The van der Waals surface area contributed by atoms with Crippen LogP contribution in [0.1, 0.15) is 0 Å². The lowest BCUT2D eigenvalue weighted by molar-refractivity contribution is 0.669. The number of hydrogen-bond acceptors (Lipinski definition) is 2. The molecule has 10 aromatic carbocycles. The largest absolute Gasteiger partial charge is 0.456 e. The summed E-state index contributed by atoms with van der Waals surface area (Å²) in [5.41, 5.74) is 16.1. The third kappa shape index (κ3) is 5.35. The molecule has 0 bridgehead atoms. The minimum atomic E-state index is 0.849. The summed E-state index contributed by atoms with van der Waals surface area (Å²) >= 11 is 0. The Morgan fingerprint density at radius 2 is 0.785 bits per heavy atom. The third-order valence-electron chi connectivity index (χ3n) is 13.5. The van der Waals surface area contributed by atoms with Crippen molar-refractivity contribution in [1.29, 1.82) is 0 Å². The van der Waals surface area contributed by atoms with E-state index < -0.39 is 0 Å². The molecule has 4 heterocycles. The smallest absolute Gasteiger partial charge is 0.136 e. The highest BCUT2D eigenvalue weighted by Gasteiger charge is 2.23. The standard InChI is InChI=1S/C61H37N3O/c1-2-16-40(17-3-1)61-50-37-57-60(49-23-9-15-29-56(49)65-57)58(59(50)48-22-4-10-24-51(48)62-61)39-32-30-38(31-33-39)41-34-42(63-52-25-11-5-18-44(52)45-19-6-12-26-53(45)63)36-43(35-41)64-54-27-13-7-20-46(54)47-21-8-14-28-55(47)64/h1-37H. The molecule has 0 saturated heterocycles. The van der Waals surface area contributed by atoms with E-state index in [0.717, 1.165) is 83.1 Å². The molecule has 0 fully saturated rings. The summed E-state index contributed by atoms with van der Waals surface area (Å²) in [5, 5.41) is 10.5. The van der Waals surface area contributed by atoms with Gasteiger partial charge in [-0.05, 0) is 77.4 Å². The fraction of sp³-hybridized carbons (Fsp3) is 0. The Morgan fingerprint density at radius 1 is 0.308 bits per heavy atom. The van der Waals surface area contributed by atoms with Gasteiger partial charge in [0.2, 0.25) is 0 Å². The molecule has 0 aliphatic rings. The summed E-state index contributed by atoms with van der Waals surface area (Å²) in [7, 11) is 0. The highest BCUT2D eigenvalue weighted by atomic mass is 16.3. The Labute approximate surface area is 373 Å². The normalized spacial score (nSPS) is 12.0. The van der Waals surface area contributed by atoms with E-state index in [1.165, 1.54) is 49.0 Å². The number of nitrogens with zero attached hydrogens (tertiary/aromatic N) is 3. The summed E-state index contributed by atoms with van der Waals surface area (Å²) < 4.78 is 11.6. The maximum absolute atomic E-state index is 6.71. The highest BCUT2D eigenvalue weighted by molar-refractivity contribution is 6.28. The molecule has 0 radical (unpaired) electrons. The van der Waals surface area contributed by atoms with Crippen LogP contribution in [-0.4, -0.2) is 14.1 Å². The van der Waals surface area contributed by atoms with E-state index in [9.17, 15) is 0 Å². The van der Waals surface area contributed by atoms with Gasteiger partial charge in [0.05, 0.1) is 33.3 Å². The Bertz CT molecular complexity index is 3990. The molecule has 0 saturated carbocycles. The summed E-state index contributed by atoms with van der Waals surface area (Å²) in [6, 6.07) is 81.0. The van der Waals surface area contributed by atoms with Crippen molar-refractivity contribution in [2.75, 3.05) is 0 Å². The van der Waals surface area contributed by atoms with Gasteiger partial charge in [0, 0.05) is 71.0 Å². The Morgan fingerprint density at radius 3 is 1.37 bits per heavy atom. The van der Waals surface area contributed by atoms with Crippen molar-refractivity contribution in [2.24, 2.45) is 0 Å². The van der Waals surface area contributed by atoms with E-state index in [2.05, 4.69) is 228 Å². The topological polar surface area (TPSA) is 35.9 Å². The maximum Gasteiger partial charge on any atom is 0.136 e. The van der Waals surface area contributed by atoms with Crippen LogP contribution in [-0.2, 0) is 0 Å². The van der Waals surface area contributed by atoms with Gasteiger partial charge in [-0.25, -0.2) is 4.98 Å². The number of hydrogen-bond donors (Lipinski definition) is 0. The quantitative estimate of drug-likeness (QED) is 0.162. The van der Waals surface area contributed by atoms with Crippen molar-refractivity contribution >= 4 is 87.2 Å². The van der Waals surface area contributed by atoms with E-state index in [1.807, 2.05) is 6.07 Å². The fourth-order valence-electron chi connectivity index (χ4n) is 10.7. The zero-order chi connectivity index (χ0) is 42.6. The first-order valence-electron chi connectivity index (χ1n) is 22.2. The SMILES string of the molecule is c1ccc(-c2nc3ccccc3c3c(-c4ccc(-c5cc(-n6c7ccccc7c7ccccc76)cc(-n6c7ccccc7c7ccccc76)c5)cc4)c4c(cc23)oc2ccccc24)cc1. The lowest BCUT2D eigenvalue weighted by Gasteiger charge is -2.17. The monoisotopic (exact) mass is 827 g/mol. The second-order valence-corrected chi connectivity index (χ2v) is 17.0. The summed E-state index contributed by atoms with van der Waals surface area (Å²) in [4.78, 5) is 5.31. The van der Waals surface area contributed by atoms with Gasteiger partial charge in [-0.1, -0.05) is 164 Å². The van der Waals surface area contributed by atoms with Gasteiger partial charge in [0.15, 0.2) is 0 Å².